The Morgan fingerprint density at radius 2 is 1.96 bits per heavy atom. The highest BCUT2D eigenvalue weighted by Gasteiger charge is 2.13. The van der Waals surface area contributed by atoms with E-state index in [1.807, 2.05) is 42.5 Å². The number of thiocarbonyl (C=S) groups is 1. The van der Waals surface area contributed by atoms with E-state index in [1.165, 1.54) is 0 Å². The lowest BCUT2D eigenvalue weighted by atomic mass is 10.2. The Balaban J connectivity index is 1.34. The van der Waals surface area contributed by atoms with Crippen molar-refractivity contribution in [3.63, 3.8) is 0 Å². The maximum absolute atomic E-state index is 5.56. The van der Waals surface area contributed by atoms with Gasteiger partial charge in [-0.15, -0.1) is 0 Å². The van der Waals surface area contributed by atoms with Crippen LogP contribution in [0.25, 0.3) is 11.4 Å². The van der Waals surface area contributed by atoms with Gasteiger partial charge < -0.3 is 24.6 Å². The van der Waals surface area contributed by atoms with Gasteiger partial charge in [0, 0.05) is 21.8 Å². The summed E-state index contributed by atoms with van der Waals surface area (Å²) in [5.41, 5.74) is 1.67. The number of ether oxygens (including phenoxy) is 2. The molecule has 0 radical (unpaired) electrons. The van der Waals surface area contributed by atoms with Gasteiger partial charge in [0.25, 0.3) is 0 Å². The highest BCUT2D eigenvalue weighted by Crippen LogP contribution is 2.32. The molecule has 0 atom stereocenters. The van der Waals surface area contributed by atoms with Crippen LogP contribution in [0, 0.1) is 0 Å². The topological polar surface area (TPSA) is 81.4 Å². The van der Waals surface area contributed by atoms with Crippen LogP contribution in [-0.2, 0) is 6.54 Å². The van der Waals surface area contributed by atoms with Gasteiger partial charge in [-0.2, -0.15) is 4.98 Å². The Labute approximate surface area is 169 Å². The number of nitrogens with zero attached hydrogens (tertiary/aromatic N) is 2. The Kier molecular flexibility index (Phi) is 5.21. The van der Waals surface area contributed by atoms with Gasteiger partial charge in [0.05, 0.1) is 6.54 Å². The minimum atomic E-state index is 0.317. The third-order valence-electron chi connectivity index (χ3n) is 3.75. The first kappa shape index (κ1) is 17.7. The fourth-order valence-electron chi connectivity index (χ4n) is 2.52. The molecule has 4 rings (SSSR count). The third kappa shape index (κ3) is 4.37. The molecule has 1 aliphatic rings. The lowest BCUT2D eigenvalue weighted by Gasteiger charge is -2.19. The van der Waals surface area contributed by atoms with Gasteiger partial charge in [-0.3, -0.25) is 0 Å². The van der Waals surface area contributed by atoms with E-state index in [4.69, 9.17) is 26.2 Å². The fourth-order valence-corrected chi connectivity index (χ4v) is 3.11. The zero-order chi connectivity index (χ0) is 18.6. The summed E-state index contributed by atoms with van der Waals surface area (Å²) in [5.74, 6) is 2.40. The molecule has 27 heavy (non-hydrogen) atoms. The van der Waals surface area contributed by atoms with Crippen molar-refractivity contribution in [2.45, 2.75) is 6.54 Å². The lowest BCUT2D eigenvalue weighted by Crippen LogP contribution is -2.28. The number of hydrogen-bond donors (Lipinski definition) is 2. The lowest BCUT2D eigenvalue weighted by molar-refractivity contribution is 0.171. The largest absolute Gasteiger partial charge is 0.486 e. The molecule has 0 fully saturated rings. The van der Waals surface area contributed by atoms with Crippen molar-refractivity contribution in [2.75, 3.05) is 18.5 Å². The molecule has 2 heterocycles. The van der Waals surface area contributed by atoms with Crippen molar-refractivity contribution in [1.29, 1.82) is 0 Å². The summed E-state index contributed by atoms with van der Waals surface area (Å²) in [5, 5.41) is 10.6. The van der Waals surface area contributed by atoms with Gasteiger partial charge in [0.15, 0.2) is 16.6 Å². The maximum atomic E-state index is 5.56. The SMILES string of the molecule is S=C(NCc1nc(-c2cccc(Br)c2)no1)Nc1ccc2c(c1)OCCO2. The molecule has 0 saturated heterocycles. The van der Waals surface area contributed by atoms with E-state index in [0.29, 0.717) is 42.3 Å². The molecule has 1 aromatic heterocycles. The van der Waals surface area contributed by atoms with E-state index in [-0.39, 0.29) is 0 Å². The minimum Gasteiger partial charge on any atom is -0.486 e. The van der Waals surface area contributed by atoms with E-state index in [9.17, 15) is 0 Å². The molecular formula is C18H15BrN4O3S. The predicted octanol–water partition coefficient (Wildman–Crippen LogP) is 3.76. The Morgan fingerprint density at radius 3 is 2.81 bits per heavy atom. The molecule has 0 amide bonds. The van der Waals surface area contributed by atoms with E-state index < -0.39 is 0 Å². The second-order valence-electron chi connectivity index (χ2n) is 5.69. The van der Waals surface area contributed by atoms with Gasteiger partial charge in [-0.05, 0) is 36.5 Å². The molecule has 0 saturated carbocycles. The second-order valence-corrected chi connectivity index (χ2v) is 7.01. The summed E-state index contributed by atoms with van der Waals surface area (Å²) in [6, 6.07) is 13.3. The van der Waals surface area contributed by atoms with E-state index in [0.717, 1.165) is 21.5 Å². The molecule has 7 nitrogen and oxygen atoms in total. The first-order valence-electron chi connectivity index (χ1n) is 8.20. The number of rotatable bonds is 4. The van der Waals surface area contributed by atoms with Crippen LogP contribution in [0.2, 0.25) is 0 Å². The molecule has 1 aliphatic heterocycles. The van der Waals surface area contributed by atoms with Gasteiger partial charge in [-0.25, -0.2) is 0 Å². The van der Waals surface area contributed by atoms with Crippen molar-refractivity contribution in [3.05, 3.63) is 52.8 Å². The van der Waals surface area contributed by atoms with Crippen LogP contribution in [0.4, 0.5) is 5.69 Å². The Bertz CT molecular complexity index is 979. The smallest absolute Gasteiger partial charge is 0.246 e. The highest BCUT2D eigenvalue weighted by molar-refractivity contribution is 9.10. The Hall–Kier alpha value is -2.65. The van der Waals surface area contributed by atoms with Crippen molar-refractivity contribution in [3.8, 4) is 22.9 Å². The first-order valence-corrected chi connectivity index (χ1v) is 9.40. The van der Waals surface area contributed by atoms with Crippen molar-refractivity contribution < 1.29 is 14.0 Å². The number of fused-ring (bicyclic) bond motifs is 1. The summed E-state index contributed by atoms with van der Waals surface area (Å²) in [6.07, 6.45) is 0. The van der Waals surface area contributed by atoms with Gasteiger partial charge in [0.1, 0.15) is 13.2 Å². The average molecular weight is 447 g/mol. The summed E-state index contributed by atoms with van der Waals surface area (Å²) in [7, 11) is 0. The van der Waals surface area contributed by atoms with E-state index >= 15 is 0 Å². The van der Waals surface area contributed by atoms with Crippen molar-refractivity contribution in [2.24, 2.45) is 0 Å². The van der Waals surface area contributed by atoms with Gasteiger partial charge in [0.2, 0.25) is 11.7 Å². The second kappa shape index (κ2) is 7.93. The van der Waals surface area contributed by atoms with Crippen molar-refractivity contribution in [1.82, 2.24) is 15.5 Å². The van der Waals surface area contributed by atoms with Crippen LogP contribution >= 0.6 is 28.1 Å². The number of nitrogens with one attached hydrogen (secondary N) is 2. The van der Waals surface area contributed by atoms with Crippen LogP contribution in [0.5, 0.6) is 11.5 Å². The summed E-state index contributed by atoms with van der Waals surface area (Å²) in [4.78, 5) is 4.37. The number of halogens is 1. The summed E-state index contributed by atoms with van der Waals surface area (Å²) >= 11 is 8.75. The number of benzene rings is 2. The maximum Gasteiger partial charge on any atom is 0.246 e. The third-order valence-corrected chi connectivity index (χ3v) is 4.49. The zero-order valence-electron chi connectivity index (χ0n) is 14.1. The first-order chi connectivity index (χ1) is 13.2. The van der Waals surface area contributed by atoms with Crippen molar-refractivity contribution >= 4 is 38.9 Å². The van der Waals surface area contributed by atoms with E-state index in [2.05, 4.69) is 36.7 Å². The van der Waals surface area contributed by atoms with Gasteiger partial charge in [-0.1, -0.05) is 33.2 Å². The normalized spacial score (nSPS) is 12.5. The molecule has 9 heteroatoms. The summed E-state index contributed by atoms with van der Waals surface area (Å²) in [6.45, 7) is 1.42. The summed E-state index contributed by atoms with van der Waals surface area (Å²) < 4.78 is 17.3. The number of aromatic nitrogens is 2. The zero-order valence-corrected chi connectivity index (χ0v) is 16.5. The highest BCUT2D eigenvalue weighted by atomic mass is 79.9. The number of anilines is 1. The number of hydrogen-bond acceptors (Lipinski definition) is 6. The standard InChI is InChI=1S/C18H15BrN4O3S/c19-12-3-1-2-11(8-12)17-22-16(26-23-17)10-20-18(27)21-13-4-5-14-15(9-13)25-7-6-24-14/h1-5,8-9H,6-7,10H2,(H2,20,21,27). The molecule has 0 spiro atoms. The van der Waals surface area contributed by atoms with Crippen LogP contribution in [0.15, 0.2) is 51.5 Å². The predicted molar refractivity (Wildman–Crippen MR) is 108 cm³/mol. The molecule has 138 valence electrons. The molecule has 2 aromatic carbocycles. The monoisotopic (exact) mass is 446 g/mol. The van der Waals surface area contributed by atoms with Crippen LogP contribution in [-0.4, -0.2) is 28.5 Å². The molecule has 0 aliphatic carbocycles. The molecule has 0 bridgehead atoms. The molecular weight excluding hydrogens is 432 g/mol. The van der Waals surface area contributed by atoms with E-state index in [1.54, 1.807) is 0 Å². The van der Waals surface area contributed by atoms with Crippen LogP contribution in [0.3, 0.4) is 0 Å². The molecule has 3 aromatic rings. The fraction of sp³-hybridized carbons (Fsp3) is 0.167. The molecule has 0 unspecified atom stereocenters. The quantitative estimate of drug-likeness (QED) is 0.586. The average Bonchev–Trinajstić information content (AvgIpc) is 3.15. The Morgan fingerprint density at radius 1 is 1.11 bits per heavy atom. The molecule has 2 N–H and O–H groups in total. The van der Waals surface area contributed by atoms with Gasteiger partial charge >= 0.3 is 0 Å². The van der Waals surface area contributed by atoms with Crippen LogP contribution in [0.1, 0.15) is 5.89 Å². The van der Waals surface area contributed by atoms with Crippen LogP contribution < -0.4 is 20.1 Å². The minimum absolute atomic E-state index is 0.317.